The number of nitrogens with zero attached hydrogens (tertiary/aromatic N) is 3. The number of carbonyl (C=O) groups is 2. The zero-order valence-corrected chi connectivity index (χ0v) is 20.8. The normalized spacial score (nSPS) is 16.9. The van der Waals surface area contributed by atoms with Crippen molar-refractivity contribution in [1.82, 2.24) is 4.98 Å². The van der Waals surface area contributed by atoms with Crippen LogP contribution in [0.1, 0.15) is 24.1 Å². The van der Waals surface area contributed by atoms with Crippen molar-refractivity contribution in [2.75, 3.05) is 11.5 Å². The van der Waals surface area contributed by atoms with Crippen molar-refractivity contribution in [2.24, 2.45) is 0 Å². The SMILES string of the molecule is CCOc1ccc(/C(O)=C2\C(=O)C(=O)N(c3nc4ccc(Cl)cc4s3)C2c2ccc([N+](=O)[O-])cc2)cc1. The molecule has 1 aliphatic heterocycles. The van der Waals surface area contributed by atoms with E-state index in [2.05, 4.69) is 4.98 Å². The van der Waals surface area contributed by atoms with Crippen LogP contribution in [-0.2, 0) is 9.59 Å². The second kappa shape index (κ2) is 9.64. The molecule has 11 heteroatoms. The van der Waals surface area contributed by atoms with E-state index in [1.807, 2.05) is 6.92 Å². The van der Waals surface area contributed by atoms with E-state index < -0.39 is 22.7 Å². The number of nitro groups is 1. The van der Waals surface area contributed by atoms with Gasteiger partial charge in [0.05, 0.1) is 33.4 Å². The van der Waals surface area contributed by atoms with Crippen LogP contribution >= 0.6 is 22.9 Å². The van der Waals surface area contributed by atoms with Crippen molar-refractivity contribution < 1.29 is 24.4 Å². The van der Waals surface area contributed by atoms with Gasteiger partial charge in [-0.1, -0.05) is 22.9 Å². The zero-order chi connectivity index (χ0) is 26.3. The fourth-order valence-corrected chi connectivity index (χ4v) is 5.41. The third-order valence-electron chi connectivity index (χ3n) is 5.85. The molecule has 37 heavy (non-hydrogen) atoms. The van der Waals surface area contributed by atoms with Gasteiger partial charge in [-0.25, -0.2) is 4.98 Å². The first-order valence-corrected chi connectivity index (χ1v) is 12.3. The number of fused-ring (bicyclic) bond motifs is 1. The van der Waals surface area contributed by atoms with Gasteiger partial charge in [0.2, 0.25) is 0 Å². The fourth-order valence-electron chi connectivity index (χ4n) is 4.14. The maximum atomic E-state index is 13.3. The molecule has 0 aliphatic carbocycles. The summed E-state index contributed by atoms with van der Waals surface area (Å²) in [5.74, 6) is -1.57. The summed E-state index contributed by atoms with van der Waals surface area (Å²) in [5, 5.41) is 23.2. The van der Waals surface area contributed by atoms with Crippen molar-refractivity contribution in [3.8, 4) is 5.75 Å². The number of aromatic nitrogens is 1. The molecule has 1 amide bonds. The molecule has 9 nitrogen and oxygen atoms in total. The van der Waals surface area contributed by atoms with Crippen molar-refractivity contribution in [3.05, 3.63) is 98.6 Å². The minimum absolute atomic E-state index is 0.151. The number of Topliss-reactive ketones (excluding diaryl/α,β-unsaturated/α-hetero) is 1. The number of carbonyl (C=O) groups excluding carboxylic acids is 2. The predicted octanol–water partition coefficient (Wildman–Crippen LogP) is 5.88. The largest absolute Gasteiger partial charge is 0.507 e. The van der Waals surface area contributed by atoms with Crippen molar-refractivity contribution in [1.29, 1.82) is 0 Å². The average Bonchev–Trinajstić information content (AvgIpc) is 3.42. The van der Waals surface area contributed by atoms with Crippen molar-refractivity contribution >= 4 is 61.4 Å². The molecule has 1 N–H and O–H groups in total. The van der Waals surface area contributed by atoms with E-state index in [0.29, 0.717) is 38.7 Å². The van der Waals surface area contributed by atoms with Crippen LogP contribution in [0.25, 0.3) is 16.0 Å². The van der Waals surface area contributed by atoms with Gasteiger partial charge in [-0.05, 0) is 67.1 Å². The number of rotatable bonds is 6. The Morgan fingerprint density at radius 1 is 1.14 bits per heavy atom. The molecule has 1 unspecified atom stereocenters. The Labute approximate surface area is 219 Å². The number of aliphatic hydroxyl groups excluding tert-OH is 1. The number of aliphatic hydroxyl groups is 1. The molecule has 5 rings (SSSR count). The Hall–Kier alpha value is -4.28. The van der Waals surface area contributed by atoms with E-state index in [9.17, 15) is 24.8 Å². The molecular weight excluding hydrogens is 518 g/mol. The van der Waals surface area contributed by atoms with Gasteiger partial charge in [0, 0.05) is 22.7 Å². The van der Waals surface area contributed by atoms with Crippen LogP contribution in [0, 0.1) is 10.1 Å². The Kier molecular flexibility index (Phi) is 6.36. The first kappa shape index (κ1) is 24.4. The first-order chi connectivity index (χ1) is 17.8. The fraction of sp³-hybridized carbons (Fsp3) is 0.115. The quantitative estimate of drug-likeness (QED) is 0.107. The molecule has 1 aromatic heterocycles. The minimum atomic E-state index is -1.07. The van der Waals surface area contributed by atoms with E-state index in [1.165, 1.54) is 40.5 Å². The zero-order valence-electron chi connectivity index (χ0n) is 19.3. The van der Waals surface area contributed by atoms with Crippen LogP contribution in [0.3, 0.4) is 0 Å². The molecule has 0 spiro atoms. The molecule has 0 saturated carbocycles. The summed E-state index contributed by atoms with van der Waals surface area (Å²) in [6.45, 7) is 2.31. The maximum absolute atomic E-state index is 13.3. The smallest absolute Gasteiger partial charge is 0.301 e. The molecule has 1 atom stereocenters. The van der Waals surface area contributed by atoms with Gasteiger partial charge in [0.15, 0.2) is 5.13 Å². The van der Waals surface area contributed by atoms with Crippen molar-refractivity contribution in [3.63, 3.8) is 0 Å². The second-order valence-corrected chi connectivity index (χ2v) is 9.53. The number of nitro benzene ring substituents is 1. The van der Waals surface area contributed by atoms with E-state index in [-0.39, 0.29) is 22.2 Å². The van der Waals surface area contributed by atoms with Gasteiger partial charge in [0.1, 0.15) is 11.5 Å². The Balaban J connectivity index is 1.68. The molecule has 2 heterocycles. The van der Waals surface area contributed by atoms with Crippen LogP contribution in [0.15, 0.2) is 72.3 Å². The molecule has 0 bridgehead atoms. The lowest BCUT2D eigenvalue weighted by molar-refractivity contribution is -0.384. The summed E-state index contributed by atoms with van der Waals surface area (Å²) in [4.78, 5) is 43.0. The number of ketones is 1. The highest BCUT2D eigenvalue weighted by Crippen LogP contribution is 2.44. The van der Waals surface area contributed by atoms with E-state index in [1.54, 1.807) is 42.5 Å². The molecule has 1 aliphatic rings. The number of anilines is 1. The lowest BCUT2D eigenvalue weighted by Gasteiger charge is -2.22. The highest BCUT2D eigenvalue weighted by molar-refractivity contribution is 7.22. The lowest BCUT2D eigenvalue weighted by Crippen LogP contribution is -2.29. The summed E-state index contributed by atoms with van der Waals surface area (Å²) in [6.07, 6.45) is 0. The van der Waals surface area contributed by atoms with E-state index in [4.69, 9.17) is 16.3 Å². The number of hydrogen-bond donors (Lipinski definition) is 1. The van der Waals surface area contributed by atoms with Crippen molar-refractivity contribution in [2.45, 2.75) is 13.0 Å². The van der Waals surface area contributed by atoms with Gasteiger partial charge in [-0.15, -0.1) is 0 Å². The molecule has 0 radical (unpaired) electrons. The summed E-state index contributed by atoms with van der Waals surface area (Å²) in [5.41, 5.74) is 0.987. The topological polar surface area (TPSA) is 123 Å². The Morgan fingerprint density at radius 2 is 1.84 bits per heavy atom. The van der Waals surface area contributed by atoms with Gasteiger partial charge < -0.3 is 9.84 Å². The number of halogens is 1. The number of benzene rings is 3. The van der Waals surface area contributed by atoms with Crippen LogP contribution in [0.5, 0.6) is 5.75 Å². The van der Waals surface area contributed by atoms with E-state index >= 15 is 0 Å². The van der Waals surface area contributed by atoms with E-state index in [0.717, 1.165) is 0 Å². The summed E-state index contributed by atoms with van der Waals surface area (Å²) in [6, 6.07) is 15.9. The number of hydrogen-bond acceptors (Lipinski definition) is 8. The van der Waals surface area contributed by atoms with Crippen LogP contribution < -0.4 is 9.64 Å². The Morgan fingerprint density at radius 3 is 2.49 bits per heavy atom. The van der Waals surface area contributed by atoms with Crippen LogP contribution in [0.2, 0.25) is 5.02 Å². The molecule has 1 saturated heterocycles. The molecule has 186 valence electrons. The minimum Gasteiger partial charge on any atom is -0.507 e. The molecule has 4 aromatic rings. The third-order valence-corrected chi connectivity index (χ3v) is 7.10. The average molecular weight is 536 g/mol. The van der Waals surface area contributed by atoms with Gasteiger partial charge >= 0.3 is 5.91 Å². The standard InChI is InChI=1S/C26H18ClN3O6S/c1-2-36-18-10-5-15(6-11-18)23(31)21-22(14-3-8-17(9-4-14)30(34)35)29(25(33)24(21)32)26-28-19-12-7-16(27)13-20(19)37-26/h3-13,22,31H,2H2,1H3/b23-21+. The monoisotopic (exact) mass is 535 g/mol. The summed E-state index contributed by atoms with van der Waals surface area (Å²) < 4.78 is 6.15. The highest BCUT2D eigenvalue weighted by atomic mass is 35.5. The summed E-state index contributed by atoms with van der Waals surface area (Å²) in [7, 11) is 0. The Bertz CT molecular complexity index is 1580. The number of amides is 1. The van der Waals surface area contributed by atoms with Gasteiger partial charge in [-0.2, -0.15) is 0 Å². The van der Waals surface area contributed by atoms with Gasteiger partial charge in [-0.3, -0.25) is 24.6 Å². The predicted molar refractivity (Wildman–Crippen MR) is 140 cm³/mol. The highest BCUT2D eigenvalue weighted by Gasteiger charge is 2.48. The van der Waals surface area contributed by atoms with Crippen LogP contribution in [-0.4, -0.2) is 33.3 Å². The molecule has 1 fully saturated rings. The lowest BCUT2D eigenvalue weighted by atomic mass is 9.95. The number of thiazole rings is 1. The van der Waals surface area contributed by atoms with Crippen LogP contribution in [0.4, 0.5) is 10.8 Å². The summed E-state index contributed by atoms with van der Waals surface area (Å²) >= 11 is 7.27. The molecule has 3 aromatic carbocycles. The first-order valence-electron chi connectivity index (χ1n) is 11.1. The third kappa shape index (κ3) is 4.41. The molecular formula is C26H18ClN3O6S. The van der Waals surface area contributed by atoms with Gasteiger partial charge in [0.25, 0.3) is 11.5 Å². The maximum Gasteiger partial charge on any atom is 0.301 e. The number of non-ortho nitro benzene ring substituents is 1. The number of ether oxygens (including phenoxy) is 1. The second-order valence-electron chi connectivity index (χ2n) is 8.08.